The van der Waals surface area contributed by atoms with Gasteiger partial charge in [0.1, 0.15) is 0 Å². The molecule has 0 amide bonds. The monoisotopic (exact) mass is 286 g/mol. The van der Waals surface area contributed by atoms with Crippen molar-refractivity contribution in [2.45, 2.75) is 12.8 Å². The number of methoxy groups -OCH3 is 1. The van der Waals surface area contributed by atoms with E-state index in [2.05, 4.69) is 14.2 Å². The third-order valence-electron chi connectivity index (χ3n) is 2.40. The van der Waals surface area contributed by atoms with Crippen molar-refractivity contribution in [2.75, 3.05) is 20.2 Å². The molecule has 0 bridgehead atoms. The molecular weight excluding hydrogens is 268 g/mol. The van der Waals surface area contributed by atoms with Gasteiger partial charge in [-0.1, -0.05) is 30.3 Å². The van der Waals surface area contributed by atoms with E-state index in [-0.39, 0.29) is 13.0 Å². The summed E-state index contributed by atoms with van der Waals surface area (Å²) in [6, 6.07) is 9.57. The lowest BCUT2D eigenvalue weighted by molar-refractivity contribution is -0.140. The van der Waals surface area contributed by atoms with Gasteiger partial charge in [0.15, 0.2) is 0 Å². The second-order valence-electron chi connectivity index (χ2n) is 3.85. The summed E-state index contributed by atoms with van der Waals surface area (Å²) < 4.78 is 32.1. The van der Waals surface area contributed by atoms with Gasteiger partial charge in [-0.25, -0.2) is 9.44 Å². The molecule has 1 aromatic carbocycles. The van der Waals surface area contributed by atoms with E-state index in [9.17, 15) is 13.2 Å². The Balaban J connectivity index is 2.25. The average Bonchev–Trinajstić information content (AvgIpc) is 2.39. The summed E-state index contributed by atoms with van der Waals surface area (Å²) in [7, 11) is -2.30. The fourth-order valence-corrected chi connectivity index (χ4v) is 2.26. The minimum atomic E-state index is -3.56. The van der Waals surface area contributed by atoms with Gasteiger partial charge >= 0.3 is 5.97 Å². The van der Waals surface area contributed by atoms with Gasteiger partial charge in [-0.15, -0.1) is 0 Å². The second kappa shape index (κ2) is 7.88. The molecule has 0 fully saturated rings. The van der Waals surface area contributed by atoms with Crippen molar-refractivity contribution in [2.24, 2.45) is 0 Å². The fraction of sp³-hybridized carbons (Fsp3) is 0.417. The number of hydrogen-bond donors (Lipinski definition) is 2. The predicted molar refractivity (Wildman–Crippen MR) is 71.7 cm³/mol. The smallest absolute Gasteiger partial charge is 0.306 e. The molecule has 0 aromatic heterocycles. The zero-order valence-electron chi connectivity index (χ0n) is 10.8. The standard InChI is InChI=1S/C12H18N2O4S/c1-18-12(15)8-10-14-19(16,17)13-9-7-11-5-3-2-4-6-11/h2-6,13-14H,7-10H2,1H3. The van der Waals surface area contributed by atoms with Crippen LogP contribution in [0.2, 0.25) is 0 Å². The quantitative estimate of drug-likeness (QED) is 0.669. The Morgan fingerprint density at radius 3 is 2.42 bits per heavy atom. The van der Waals surface area contributed by atoms with Crippen molar-refractivity contribution in [1.29, 1.82) is 0 Å². The Bertz CT molecular complexity index is 488. The number of rotatable bonds is 8. The van der Waals surface area contributed by atoms with Crippen LogP contribution in [-0.4, -0.2) is 34.6 Å². The number of carbonyl (C=O) groups is 1. The number of esters is 1. The van der Waals surface area contributed by atoms with Crippen molar-refractivity contribution in [3.8, 4) is 0 Å². The number of benzene rings is 1. The SMILES string of the molecule is COC(=O)CCNS(=O)(=O)NCCc1ccccc1. The van der Waals surface area contributed by atoms with Gasteiger partial charge in [0.25, 0.3) is 10.2 Å². The maximum absolute atomic E-state index is 11.5. The van der Waals surface area contributed by atoms with Crippen molar-refractivity contribution >= 4 is 16.2 Å². The van der Waals surface area contributed by atoms with Crippen molar-refractivity contribution in [3.63, 3.8) is 0 Å². The molecule has 0 aliphatic rings. The first-order valence-corrected chi connectivity index (χ1v) is 7.37. The Hall–Kier alpha value is -1.44. The lowest BCUT2D eigenvalue weighted by Crippen LogP contribution is -2.38. The van der Waals surface area contributed by atoms with Gasteiger partial charge in [-0.3, -0.25) is 4.79 Å². The van der Waals surface area contributed by atoms with E-state index in [0.29, 0.717) is 13.0 Å². The summed E-state index contributed by atoms with van der Waals surface area (Å²) >= 11 is 0. The van der Waals surface area contributed by atoms with Crippen LogP contribution in [0.1, 0.15) is 12.0 Å². The third-order valence-corrected chi connectivity index (χ3v) is 3.57. The van der Waals surface area contributed by atoms with Gasteiger partial charge in [-0.2, -0.15) is 8.42 Å². The summed E-state index contributed by atoms with van der Waals surface area (Å²) in [4.78, 5) is 10.8. The van der Waals surface area contributed by atoms with Crippen LogP contribution < -0.4 is 9.44 Å². The first kappa shape index (κ1) is 15.6. The molecule has 106 valence electrons. The highest BCUT2D eigenvalue weighted by atomic mass is 32.2. The molecular formula is C12H18N2O4S. The Kier molecular flexibility index (Phi) is 6.48. The molecule has 7 heteroatoms. The minimum Gasteiger partial charge on any atom is -0.469 e. The zero-order valence-corrected chi connectivity index (χ0v) is 11.6. The molecule has 0 aliphatic heterocycles. The number of ether oxygens (including phenoxy) is 1. The molecule has 0 radical (unpaired) electrons. The molecule has 0 heterocycles. The maximum atomic E-state index is 11.5. The Morgan fingerprint density at radius 1 is 1.16 bits per heavy atom. The molecule has 0 spiro atoms. The Labute approximate surface area is 113 Å². The maximum Gasteiger partial charge on any atom is 0.306 e. The van der Waals surface area contributed by atoms with E-state index in [0.717, 1.165) is 5.56 Å². The molecule has 6 nitrogen and oxygen atoms in total. The minimum absolute atomic E-state index is 0.0100. The topological polar surface area (TPSA) is 84.5 Å². The summed E-state index contributed by atoms with van der Waals surface area (Å²) in [6.45, 7) is 0.324. The van der Waals surface area contributed by atoms with Crippen molar-refractivity contribution in [1.82, 2.24) is 9.44 Å². The molecule has 0 saturated carbocycles. The molecule has 19 heavy (non-hydrogen) atoms. The van der Waals surface area contributed by atoms with E-state index in [4.69, 9.17) is 0 Å². The number of carbonyl (C=O) groups excluding carboxylic acids is 1. The first-order valence-electron chi connectivity index (χ1n) is 5.88. The van der Waals surface area contributed by atoms with E-state index in [1.807, 2.05) is 30.3 Å². The molecule has 1 rings (SSSR count). The van der Waals surface area contributed by atoms with Crippen LogP contribution in [-0.2, 0) is 26.2 Å². The highest BCUT2D eigenvalue weighted by Gasteiger charge is 2.09. The van der Waals surface area contributed by atoms with Crippen molar-refractivity contribution < 1.29 is 17.9 Å². The van der Waals surface area contributed by atoms with Crippen LogP contribution in [0.15, 0.2) is 30.3 Å². The molecule has 0 saturated heterocycles. The first-order chi connectivity index (χ1) is 9.03. The molecule has 0 unspecified atom stereocenters. The average molecular weight is 286 g/mol. The summed E-state index contributed by atoms with van der Waals surface area (Å²) in [5.74, 6) is -0.452. The van der Waals surface area contributed by atoms with Crippen LogP contribution in [0, 0.1) is 0 Å². The predicted octanol–water partition coefficient (Wildman–Crippen LogP) is 0.216. The zero-order chi connectivity index (χ0) is 14.1. The van der Waals surface area contributed by atoms with E-state index >= 15 is 0 Å². The normalized spacial score (nSPS) is 11.2. The lowest BCUT2D eigenvalue weighted by atomic mass is 10.2. The van der Waals surface area contributed by atoms with E-state index in [1.165, 1.54) is 7.11 Å². The molecule has 0 atom stereocenters. The lowest BCUT2D eigenvalue weighted by Gasteiger charge is -2.07. The third kappa shape index (κ3) is 6.90. The second-order valence-corrected chi connectivity index (χ2v) is 5.44. The highest BCUT2D eigenvalue weighted by molar-refractivity contribution is 7.87. The summed E-state index contributed by atoms with van der Waals surface area (Å²) in [5, 5.41) is 0. The number of nitrogens with one attached hydrogen (secondary N) is 2. The fourth-order valence-electron chi connectivity index (χ4n) is 1.41. The summed E-state index contributed by atoms with van der Waals surface area (Å²) in [5.41, 5.74) is 1.06. The van der Waals surface area contributed by atoms with Crippen LogP contribution in [0.4, 0.5) is 0 Å². The van der Waals surface area contributed by atoms with Crippen LogP contribution in [0.25, 0.3) is 0 Å². The molecule has 0 aliphatic carbocycles. The Morgan fingerprint density at radius 2 is 1.79 bits per heavy atom. The van der Waals surface area contributed by atoms with Gasteiger partial charge in [-0.05, 0) is 12.0 Å². The summed E-state index contributed by atoms with van der Waals surface area (Å²) in [6.07, 6.45) is 0.620. The molecule has 1 aromatic rings. The highest BCUT2D eigenvalue weighted by Crippen LogP contribution is 1.98. The van der Waals surface area contributed by atoms with Gasteiger partial charge in [0, 0.05) is 13.1 Å². The van der Waals surface area contributed by atoms with Crippen LogP contribution in [0.3, 0.4) is 0 Å². The number of hydrogen-bond acceptors (Lipinski definition) is 4. The largest absolute Gasteiger partial charge is 0.469 e. The van der Waals surface area contributed by atoms with E-state index in [1.54, 1.807) is 0 Å². The van der Waals surface area contributed by atoms with Gasteiger partial charge in [0.2, 0.25) is 0 Å². The van der Waals surface area contributed by atoms with E-state index < -0.39 is 16.2 Å². The van der Waals surface area contributed by atoms with Gasteiger partial charge < -0.3 is 4.74 Å². The van der Waals surface area contributed by atoms with Crippen molar-refractivity contribution in [3.05, 3.63) is 35.9 Å². The van der Waals surface area contributed by atoms with Crippen LogP contribution >= 0.6 is 0 Å². The van der Waals surface area contributed by atoms with Gasteiger partial charge in [0.05, 0.1) is 13.5 Å². The van der Waals surface area contributed by atoms with Crippen LogP contribution in [0.5, 0.6) is 0 Å². The molecule has 2 N–H and O–H groups in total.